The second-order valence-electron chi connectivity index (χ2n) is 3.73. The highest BCUT2D eigenvalue weighted by Gasteiger charge is 1.95. The summed E-state index contributed by atoms with van der Waals surface area (Å²) in [6.45, 7) is 3.96. The van der Waals surface area contributed by atoms with E-state index < -0.39 is 0 Å². The van der Waals surface area contributed by atoms with Gasteiger partial charge in [-0.3, -0.25) is 4.79 Å². The minimum atomic E-state index is -0.105. The summed E-state index contributed by atoms with van der Waals surface area (Å²) in [7, 11) is 0. The van der Waals surface area contributed by atoms with Gasteiger partial charge < -0.3 is 10.1 Å². The molecule has 1 N–H and O–H groups in total. The number of amides is 1. The summed E-state index contributed by atoms with van der Waals surface area (Å²) in [4.78, 5) is 11.5. The van der Waals surface area contributed by atoms with E-state index in [4.69, 9.17) is 16.3 Å². The Hall–Kier alpha value is -1.32. The maximum atomic E-state index is 11.5. The van der Waals surface area contributed by atoms with Crippen LogP contribution in [0.15, 0.2) is 30.3 Å². The Kier molecular flexibility index (Phi) is 7.14. The van der Waals surface area contributed by atoms with Gasteiger partial charge in [0.15, 0.2) is 0 Å². The molecule has 0 saturated heterocycles. The SMILES string of the molecule is CCOCCCNC(=O)C=Cc1cccc(Cl)c1. The first-order valence-corrected chi connectivity index (χ1v) is 6.39. The van der Waals surface area contributed by atoms with E-state index in [2.05, 4.69) is 5.32 Å². The number of carbonyl (C=O) groups excluding carboxylic acids is 1. The lowest BCUT2D eigenvalue weighted by atomic mass is 10.2. The molecule has 0 spiro atoms. The molecule has 18 heavy (non-hydrogen) atoms. The van der Waals surface area contributed by atoms with E-state index in [1.807, 2.05) is 19.1 Å². The van der Waals surface area contributed by atoms with Crippen molar-refractivity contribution in [2.24, 2.45) is 0 Å². The Morgan fingerprint density at radius 1 is 1.50 bits per heavy atom. The fraction of sp³-hybridized carbons (Fsp3) is 0.357. The summed E-state index contributed by atoms with van der Waals surface area (Å²) in [6.07, 6.45) is 4.07. The van der Waals surface area contributed by atoms with Crippen LogP contribution in [0, 0.1) is 0 Å². The topological polar surface area (TPSA) is 38.3 Å². The van der Waals surface area contributed by atoms with Gasteiger partial charge in [0.05, 0.1) is 0 Å². The monoisotopic (exact) mass is 267 g/mol. The van der Waals surface area contributed by atoms with Crippen LogP contribution in [0.3, 0.4) is 0 Å². The number of halogens is 1. The summed E-state index contributed by atoms with van der Waals surface area (Å²) in [5, 5.41) is 3.45. The molecular formula is C14H18ClNO2. The fourth-order valence-electron chi connectivity index (χ4n) is 1.37. The molecule has 0 fully saturated rings. The highest BCUT2D eigenvalue weighted by molar-refractivity contribution is 6.30. The second kappa shape index (κ2) is 8.72. The van der Waals surface area contributed by atoms with Gasteiger partial charge >= 0.3 is 0 Å². The molecule has 1 aromatic rings. The van der Waals surface area contributed by atoms with E-state index in [9.17, 15) is 4.79 Å². The summed E-state index contributed by atoms with van der Waals surface area (Å²) in [6, 6.07) is 7.35. The van der Waals surface area contributed by atoms with E-state index in [0.29, 0.717) is 24.8 Å². The van der Waals surface area contributed by atoms with Crippen LogP contribution in [0.4, 0.5) is 0 Å². The van der Waals surface area contributed by atoms with Crippen molar-refractivity contribution < 1.29 is 9.53 Å². The molecule has 0 heterocycles. The van der Waals surface area contributed by atoms with Crippen molar-refractivity contribution in [1.29, 1.82) is 0 Å². The minimum absolute atomic E-state index is 0.105. The van der Waals surface area contributed by atoms with Crippen LogP contribution in [0.2, 0.25) is 5.02 Å². The first kappa shape index (κ1) is 14.7. The molecule has 0 bridgehead atoms. The molecule has 0 atom stereocenters. The Balaban J connectivity index is 2.27. The van der Waals surface area contributed by atoms with Crippen LogP contribution >= 0.6 is 11.6 Å². The van der Waals surface area contributed by atoms with Crippen LogP contribution in [0.5, 0.6) is 0 Å². The first-order chi connectivity index (χ1) is 8.72. The van der Waals surface area contributed by atoms with Crippen LogP contribution in [0.1, 0.15) is 18.9 Å². The van der Waals surface area contributed by atoms with Crippen molar-refractivity contribution in [2.75, 3.05) is 19.8 Å². The predicted molar refractivity (Wildman–Crippen MR) is 74.6 cm³/mol. The zero-order valence-corrected chi connectivity index (χ0v) is 11.2. The van der Waals surface area contributed by atoms with E-state index in [-0.39, 0.29) is 5.91 Å². The third kappa shape index (κ3) is 6.42. The number of hydrogen-bond acceptors (Lipinski definition) is 2. The van der Waals surface area contributed by atoms with Crippen LogP contribution in [0.25, 0.3) is 6.08 Å². The minimum Gasteiger partial charge on any atom is -0.382 e. The molecule has 0 radical (unpaired) electrons. The van der Waals surface area contributed by atoms with Crippen LogP contribution < -0.4 is 5.32 Å². The number of hydrogen-bond donors (Lipinski definition) is 1. The zero-order valence-electron chi connectivity index (χ0n) is 10.5. The smallest absolute Gasteiger partial charge is 0.244 e. The van der Waals surface area contributed by atoms with Crippen LogP contribution in [-0.4, -0.2) is 25.7 Å². The van der Waals surface area contributed by atoms with Crippen molar-refractivity contribution in [3.63, 3.8) is 0 Å². The Morgan fingerprint density at radius 2 is 2.33 bits per heavy atom. The van der Waals surface area contributed by atoms with E-state index in [0.717, 1.165) is 12.0 Å². The molecule has 0 aliphatic heterocycles. The molecular weight excluding hydrogens is 250 g/mol. The third-order valence-corrected chi connectivity index (χ3v) is 2.48. The zero-order chi connectivity index (χ0) is 13.2. The van der Waals surface area contributed by atoms with Gasteiger partial charge in [0.2, 0.25) is 5.91 Å². The number of benzene rings is 1. The highest BCUT2D eigenvalue weighted by Crippen LogP contribution is 2.11. The molecule has 1 rings (SSSR count). The van der Waals surface area contributed by atoms with Gasteiger partial charge in [0.1, 0.15) is 0 Å². The highest BCUT2D eigenvalue weighted by atomic mass is 35.5. The average molecular weight is 268 g/mol. The van der Waals surface area contributed by atoms with Gasteiger partial charge in [-0.05, 0) is 37.1 Å². The third-order valence-electron chi connectivity index (χ3n) is 2.24. The molecule has 98 valence electrons. The van der Waals surface area contributed by atoms with Crippen molar-refractivity contribution in [3.05, 3.63) is 40.9 Å². The molecule has 1 amide bonds. The lowest BCUT2D eigenvalue weighted by Crippen LogP contribution is -2.23. The number of rotatable bonds is 7. The Morgan fingerprint density at radius 3 is 3.06 bits per heavy atom. The molecule has 0 unspecified atom stereocenters. The van der Waals surface area contributed by atoms with Crippen molar-refractivity contribution in [2.45, 2.75) is 13.3 Å². The number of ether oxygens (including phenoxy) is 1. The maximum absolute atomic E-state index is 11.5. The lowest BCUT2D eigenvalue weighted by Gasteiger charge is -2.02. The van der Waals surface area contributed by atoms with Gasteiger partial charge in [-0.2, -0.15) is 0 Å². The standard InChI is InChI=1S/C14H18ClNO2/c1-2-18-10-4-9-16-14(17)8-7-12-5-3-6-13(15)11-12/h3,5-8,11H,2,4,9-10H2,1H3,(H,16,17). The van der Waals surface area contributed by atoms with Gasteiger partial charge in [-0.25, -0.2) is 0 Å². The number of nitrogens with one attached hydrogen (secondary N) is 1. The summed E-state index contributed by atoms with van der Waals surface area (Å²) >= 11 is 5.84. The summed E-state index contributed by atoms with van der Waals surface area (Å²) in [5.74, 6) is -0.105. The summed E-state index contributed by atoms with van der Waals surface area (Å²) < 4.78 is 5.17. The molecule has 1 aromatic carbocycles. The maximum Gasteiger partial charge on any atom is 0.244 e. The molecule has 3 nitrogen and oxygen atoms in total. The largest absolute Gasteiger partial charge is 0.382 e. The van der Waals surface area contributed by atoms with Gasteiger partial charge in [0, 0.05) is 30.9 Å². The van der Waals surface area contributed by atoms with Crippen molar-refractivity contribution in [3.8, 4) is 0 Å². The average Bonchev–Trinajstić information content (AvgIpc) is 2.36. The normalized spacial score (nSPS) is 10.8. The van der Waals surface area contributed by atoms with Gasteiger partial charge in [0.25, 0.3) is 0 Å². The Bertz CT molecular complexity index is 405. The first-order valence-electron chi connectivity index (χ1n) is 6.01. The second-order valence-corrected chi connectivity index (χ2v) is 4.17. The Labute approximate surface area is 113 Å². The van der Waals surface area contributed by atoms with E-state index in [1.54, 1.807) is 18.2 Å². The molecule has 0 aliphatic carbocycles. The van der Waals surface area contributed by atoms with Gasteiger partial charge in [-0.1, -0.05) is 23.7 Å². The van der Waals surface area contributed by atoms with Crippen molar-refractivity contribution >= 4 is 23.6 Å². The van der Waals surface area contributed by atoms with Crippen LogP contribution in [-0.2, 0) is 9.53 Å². The van der Waals surface area contributed by atoms with Crippen molar-refractivity contribution in [1.82, 2.24) is 5.32 Å². The lowest BCUT2D eigenvalue weighted by molar-refractivity contribution is -0.116. The quantitative estimate of drug-likeness (QED) is 0.609. The molecule has 0 saturated carbocycles. The summed E-state index contributed by atoms with van der Waals surface area (Å²) in [5.41, 5.74) is 0.909. The fourth-order valence-corrected chi connectivity index (χ4v) is 1.57. The molecule has 0 aliphatic rings. The van der Waals surface area contributed by atoms with Gasteiger partial charge in [-0.15, -0.1) is 0 Å². The predicted octanol–water partition coefficient (Wildman–Crippen LogP) is 2.90. The number of carbonyl (C=O) groups is 1. The van der Waals surface area contributed by atoms with E-state index >= 15 is 0 Å². The molecule has 0 aromatic heterocycles. The van der Waals surface area contributed by atoms with E-state index in [1.165, 1.54) is 6.08 Å². The molecule has 4 heteroatoms.